The normalized spacial score (nSPS) is 24.9. The number of para-hydroxylation sites is 1. The summed E-state index contributed by atoms with van der Waals surface area (Å²) in [4.78, 5) is 0. The lowest BCUT2D eigenvalue weighted by Gasteiger charge is -2.37. The first-order valence-electron chi connectivity index (χ1n) is 4.92. The van der Waals surface area contributed by atoms with Crippen LogP contribution in [0.3, 0.4) is 0 Å². The van der Waals surface area contributed by atoms with Crippen molar-refractivity contribution in [3.63, 3.8) is 0 Å². The molecule has 1 aromatic rings. The molecule has 0 aromatic heterocycles. The Balaban J connectivity index is 2.65. The van der Waals surface area contributed by atoms with Crippen LogP contribution >= 0.6 is 0 Å². The first-order chi connectivity index (χ1) is 7.89. The van der Waals surface area contributed by atoms with Gasteiger partial charge < -0.3 is 10.5 Å². The zero-order valence-corrected chi connectivity index (χ0v) is 8.99. The molecule has 1 aliphatic rings. The zero-order valence-electron chi connectivity index (χ0n) is 8.99. The molecule has 1 aromatic carbocycles. The number of likely N-dealkylation sites (N-methyl/N-ethyl adjacent to an activating group) is 1. The fourth-order valence-electron chi connectivity index (χ4n) is 1.99. The van der Waals surface area contributed by atoms with Gasteiger partial charge in [-0.25, -0.2) is 5.01 Å². The summed E-state index contributed by atoms with van der Waals surface area (Å²) in [6.07, 6.45) is -2.34. The predicted octanol–water partition coefficient (Wildman–Crippen LogP) is 2.11. The zero-order chi connectivity index (χ0) is 12.7. The summed E-state index contributed by atoms with van der Waals surface area (Å²) in [6.45, 7) is 0. The summed E-state index contributed by atoms with van der Waals surface area (Å²) in [5, 5.41) is 10.5. The van der Waals surface area contributed by atoms with Gasteiger partial charge in [0.15, 0.2) is 5.54 Å². The minimum absolute atomic E-state index is 0.198. The summed E-state index contributed by atoms with van der Waals surface area (Å²) in [7, 11) is 1.28. The van der Waals surface area contributed by atoms with Gasteiger partial charge in [0.1, 0.15) is 5.75 Å². The number of phenols is 1. The van der Waals surface area contributed by atoms with Crippen molar-refractivity contribution in [3.05, 3.63) is 42.1 Å². The van der Waals surface area contributed by atoms with Crippen LogP contribution < -0.4 is 5.43 Å². The Morgan fingerprint density at radius 2 is 1.94 bits per heavy atom. The average Bonchev–Trinajstić information content (AvgIpc) is 2.61. The van der Waals surface area contributed by atoms with Gasteiger partial charge in [-0.15, -0.1) is 0 Å². The molecule has 0 radical (unpaired) electrons. The highest BCUT2D eigenvalue weighted by Gasteiger charge is 2.60. The van der Waals surface area contributed by atoms with Crippen molar-refractivity contribution in [2.24, 2.45) is 0 Å². The molecule has 92 valence electrons. The van der Waals surface area contributed by atoms with E-state index in [-0.39, 0.29) is 11.3 Å². The average molecular weight is 244 g/mol. The van der Waals surface area contributed by atoms with Crippen LogP contribution in [-0.4, -0.2) is 23.3 Å². The smallest absolute Gasteiger partial charge is 0.416 e. The van der Waals surface area contributed by atoms with Crippen LogP contribution in [-0.2, 0) is 5.54 Å². The third-order valence-electron chi connectivity index (χ3n) is 2.87. The SMILES string of the molecule is CN1NC=CC1(c1ccccc1O)C(F)(F)F. The molecular weight excluding hydrogens is 233 g/mol. The summed E-state index contributed by atoms with van der Waals surface area (Å²) in [6, 6.07) is 5.44. The highest BCUT2D eigenvalue weighted by molar-refractivity contribution is 5.43. The van der Waals surface area contributed by atoms with Crippen molar-refractivity contribution in [2.45, 2.75) is 11.7 Å². The van der Waals surface area contributed by atoms with E-state index >= 15 is 0 Å². The fraction of sp³-hybridized carbons (Fsp3) is 0.273. The molecule has 0 aliphatic carbocycles. The fourth-order valence-corrected chi connectivity index (χ4v) is 1.99. The van der Waals surface area contributed by atoms with Crippen molar-refractivity contribution in [3.8, 4) is 5.75 Å². The first-order valence-corrected chi connectivity index (χ1v) is 4.92. The van der Waals surface area contributed by atoms with Gasteiger partial charge in [-0.1, -0.05) is 18.2 Å². The maximum Gasteiger partial charge on any atom is 0.416 e. The standard InChI is InChI=1S/C11H11F3N2O/c1-16-10(6-7-15-16,11(12,13)14)8-4-2-3-5-9(8)17/h2-7,15,17H,1H3. The summed E-state index contributed by atoms with van der Waals surface area (Å²) in [5.41, 5.74) is -0.0686. The highest BCUT2D eigenvalue weighted by Crippen LogP contribution is 2.48. The van der Waals surface area contributed by atoms with E-state index in [4.69, 9.17) is 0 Å². The number of hydrogen-bond donors (Lipinski definition) is 2. The monoisotopic (exact) mass is 244 g/mol. The molecule has 0 spiro atoms. The van der Waals surface area contributed by atoms with Crippen LogP contribution in [0.2, 0.25) is 0 Å². The van der Waals surface area contributed by atoms with E-state index in [1.807, 2.05) is 0 Å². The number of benzene rings is 1. The van der Waals surface area contributed by atoms with Gasteiger partial charge in [-0.2, -0.15) is 13.2 Å². The summed E-state index contributed by atoms with van der Waals surface area (Å²) >= 11 is 0. The lowest BCUT2D eigenvalue weighted by Crippen LogP contribution is -2.53. The Hall–Kier alpha value is -1.69. The van der Waals surface area contributed by atoms with Crippen molar-refractivity contribution in [1.82, 2.24) is 10.4 Å². The first kappa shape index (κ1) is 11.8. The minimum Gasteiger partial charge on any atom is -0.508 e. The molecule has 1 heterocycles. The Morgan fingerprint density at radius 3 is 2.41 bits per heavy atom. The van der Waals surface area contributed by atoms with Crippen molar-refractivity contribution < 1.29 is 18.3 Å². The van der Waals surface area contributed by atoms with Crippen LogP contribution in [0.1, 0.15) is 5.56 Å². The molecular formula is C11H11F3N2O. The molecule has 3 nitrogen and oxygen atoms in total. The van der Waals surface area contributed by atoms with Crippen LogP contribution in [0.25, 0.3) is 0 Å². The maximum atomic E-state index is 13.3. The number of aromatic hydroxyl groups is 1. The summed E-state index contributed by atoms with van der Waals surface area (Å²) < 4.78 is 39.9. The van der Waals surface area contributed by atoms with E-state index in [9.17, 15) is 18.3 Å². The molecule has 1 atom stereocenters. The summed E-state index contributed by atoms with van der Waals surface area (Å²) in [5.74, 6) is -0.384. The largest absolute Gasteiger partial charge is 0.508 e. The van der Waals surface area contributed by atoms with E-state index in [0.717, 1.165) is 11.1 Å². The number of alkyl halides is 3. The number of nitrogens with one attached hydrogen (secondary N) is 1. The quantitative estimate of drug-likeness (QED) is 0.794. The number of halogens is 3. The van der Waals surface area contributed by atoms with E-state index in [0.29, 0.717) is 0 Å². The number of hydrazine groups is 1. The molecule has 1 aliphatic heterocycles. The molecule has 6 heteroatoms. The molecule has 1 unspecified atom stereocenters. The third-order valence-corrected chi connectivity index (χ3v) is 2.87. The molecule has 0 amide bonds. The highest BCUT2D eigenvalue weighted by atomic mass is 19.4. The van der Waals surface area contributed by atoms with E-state index < -0.39 is 11.7 Å². The van der Waals surface area contributed by atoms with Gasteiger partial charge in [-0.05, 0) is 12.1 Å². The van der Waals surface area contributed by atoms with Crippen LogP contribution in [0.5, 0.6) is 5.75 Å². The molecule has 2 N–H and O–H groups in total. The van der Waals surface area contributed by atoms with Gasteiger partial charge in [0.05, 0.1) is 0 Å². The molecule has 17 heavy (non-hydrogen) atoms. The van der Waals surface area contributed by atoms with Gasteiger partial charge in [0.2, 0.25) is 0 Å². The van der Waals surface area contributed by atoms with E-state index in [1.165, 1.54) is 37.5 Å². The predicted molar refractivity (Wildman–Crippen MR) is 55.9 cm³/mol. The minimum atomic E-state index is -4.54. The van der Waals surface area contributed by atoms with E-state index in [2.05, 4.69) is 5.43 Å². The second-order valence-corrected chi connectivity index (χ2v) is 3.80. The van der Waals surface area contributed by atoms with Crippen molar-refractivity contribution >= 4 is 0 Å². The number of nitrogens with zero attached hydrogens (tertiary/aromatic N) is 1. The Labute approximate surface area is 96.1 Å². The van der Waals surface area contributed by atoms with Crippen LogP contribution in [0.15, 0.2) is 36.5 Å². The van der Waals surface area contributed by atoms with Crippen molar-refractivity contribution in [2.75, 3.05) is 7.05 Å². The second kappa shape index (κ2) is 3.66. The Bertz CT molecular complexity index is 458. The molecule has 0 fully saturated rings. The lowest BCUT2D eigenvalue weighted by atomic mass is 9.88. The Kier molecular flexibility index (Phi) is 2.54. The number of phenolic OH excluding ortho intramolecular Hbond substituents is 1. The van der Waals surface area contributed by atoms with Gasteiger partial charge >= 0.3 is 6.18 Å². The lowest BCUT2D eigenvalue weighted by molar-refractivity contribution is -0.217. The van der Waals surface area contributed by atoms with Gasteiger partial charge in [-0.3, -0.25) is 0 Å². The van der Waals surface area contributed by atoms with Gasteiger partial charge in [0, 0.05) is 18.8 Å². The van der Waals surface area contributed by atoms with E-state index in [1.54, 1.807) is 0 Å². The number of hydrogen-bond acceptors (Lipinski definition) is 3. The van der Waals surface area contributed by atoms with Crippen LogP contribution in [0, 0.1) is 0 Å². The topological polar surface area (TPSA) is 35.5 Å². The second-order valence-electron chi connectivity index (χ2n) is 3.80. The number of rotatable bonds is 1. The molecule has 0 saturated heterocycles. The third kappa shape index (κ3) is 1.56. The molecule has 0 bridgehead atoms. The maximum absolute atomic E-state index is 13.3. The van der Waals surface area contributed by atoms with Gasteiger partial charge in [0.25, 0.3) is 0 Å². The molecule has 0 saturated carbocycles. The Morgan fingerprint density at radius 1 is 1.29 bits per heavy atom. The van der Waals surface area contributed by atoms with Crippen molar-refractivity contribution in [1.29, 1.82) is 0 Å². The van der Waals surface area contributed by atoms with Crippen LogP contribution in [0.4, 0.5) is 13.2 Å². The molecule has 2 rings (SSSR count).